The summed E-state index contributed by atoms with van der Waals surface area (Å²) in [5.74, 6) is 0. The number of aliphatic hydroxyl groups is 1. The highest BCUT2D eigenvalue weighted by molar-refractivity contribution is 7.99. The fraction of sp³-hybridized carbons (Fsp3) is 0.647. The van der Waals surface area contributed by atoms with E-state index in [1.165, 1.54) is 18.4 Å². The number of hydrogen-bond acceptors (Lipinski definition) is 4. The molecule has 1 aromatic rings. The zero-order chi connectivity index (χ0) is 15.9. The van der Waals surface area contributed by atoms with Crippen molar-refractivity contribution in [3.05, 3.63) is 34.9 Å². The number of rotatable bonds is 7. The van der Waals surface area contributed by atoms with Crippen LogP contribution < -0.4 is 5.32 Å². The number of thioether (sulfide) groups is 1. The van der Waals surface area contributed by atoms with E-state index in [4.69, 9.17) is 11.6 Å². The van der Waals surface area contributed by atoms with E-state index in [1.54, 1.807) is 11.8 Å². The van der Waals surface area contributed by atoms with Crippen LogP contribution in [0.1, 0.15) is 25.3 Å². The van der Waals surface area contributed by atoms with Gasteiger partial charge >= 0.3 is 0 Å². The van der Waals surface area contributed by atoms with Crippen LogP contribution in [-0.2, 0) is 6.54 Å². The van der Waals surface area contributed by atoms with Crippen molar-refractivity contribution in [2.24, 2.45) is 0 Å². The molecule has 2 unspecified atom stereocenters. The SMILES string of the molecule is CSC(CO)C(C)NC1CCN(Cc2ccc(Cl)cc2)CC1. The molecule has 1 aliphatic heterocycles. The first-order valence-electron chi connectivity index (χ1n) is 7.99. The first-order chi connectivity index (χ1) is 10.6. The lowest BCUT2D eigenvalue weighted by atomic mass is 10.0. The third-order valence-corrected chi connectivity index (χ3v) is 5.86. The molecule has 1 aromatic carbocycles. The Bertz CT molecular complexity index is 431. The molecule has 1 heterocycles. The molecular formula is C17H27ClN2OS. The summed E-state index contributed by atoms with van der Waals surface area (Å²) >= 11 is 7.67. The minimum atomic E-state index is 0.241. The van der Waals surface area contributed by atoms with Crippen LogP contribution in [-0.4, -0.2) is 53.3 Å². The van der Waals surface area contributed by atoms with Crippen molar-refractivity contribution in [1.29, 1.82) is 0 Å². The second-order valence-electron chi connectivity index (χ2n) is 6.09. The summed E-state index contributed by atoms with van der Waals surface area (Å²) in [5.41, 5.74) is 1.33. The van der Waals surface area contributed by atoms with E-state index in [-0.39, 0.29) is 11.9 Å². The second kappa shape index (κ2) is 9.14. The largest absolute Gasteiger partial charge is 0.395 e. The van der Waals surface area contributed by atoms with Crippen molar-refractivity contribution in [2.45, 2.75) is 43.6 Å². The van der Waals surface area contributed by atoms with Gasteiger partial charge in [0.25, 0.3) is 0 Å². The van der Waals surface area contributed by atoms with Gasteiger partial charge in [-0.25, -0.2) is 0 Å². The van der Waals surface area contributed by atoms with E-state index in [0.717, 1.165) is 24.7 Å². The van der Waals surface area contributed by atoms with Crippen LogP contribution >= 0.6 is 23.4 Å². The van der Waals surface area contributed by atoms with Crippen LogP contribution in [0.5, 0.6) is 0 Å². The molecule has 5 heteroatoms. The fourth-order valence-electron chi connectivity index (χ4n) is 3.02. The molecule has 2 rings (SSSR count). The average molecular weight is 343 g/mol. The molecule has 124 valence electrons. The van der Waals surface area contributed by atoms with Gasteiger partial charge in [-0.05, 0) is 56.8 Å². The quantitative estimate of drug-likeness (QED) is 0.798. The molecule has 3 nitrogen and oxygen atoms in total. The molecule has 22 heavy (non-hydrogen) atoms. The Balaban J connectivity index is 1.74. The van der Waals surface area contributed by atoms with Gasteiger partial charge in [-0.1, -0.05) is 23.7 Å². The van der Waals surface area contributed by atoms with Crippen molar-refractivity contribution in [3.8, 4) is 0 Å². The summed E-state index contributed by atoms with van der Waals surface area (Å²) in [6, 6.07) is 9.07. The first-order valence-corrected chi connectivity index (χ1v) is 9.65. The van der Waals surface area contributed by atoms with E-state index < -0.39 is 0 Å². The summed E-state index contributed by atoms with van der Waals surface area (Å²) in [6.07, 6.45) is 4.41. The molecule has 1 saturated heterocycles. The van der Waals surface area contributed by atoms with E-state index in [1.807, 2.05) is 12.1 Å². The van der Waals surface area contributed by atoms with E-state index in [0.29, 0.717) is 12.1 Å². The van der Waals surface area contributed by atoms with Crippen molar-refractivity contribution >= 4 is 23.4 Å². The molecule has 0 saturated carbocycles. The molecular weight excluding hydrogens is 316 g/mol. The van der Waals surface area contributed by atoms with E-state index >= 15 is 0 Å². The predicted molar refractivity (Wildman–Crippen MR) is 96.7 cm³/mol. The average Bonchev–Trinajstić information content (AvgIpc) is 2.53. The fourth-order valence-corrected chi connectivity index (χ4v) is 3.78. The first kappa shape index (κ1) is 18.1. The normalized spacial score (nSPS) is 20.0. The number of halogens is 1. The highest BCUT2D eigenvalue weighted by Gasteiger charge is 2.23. The van der Waals surface area contributed by atoms with Crippen molar-refractivity contribution in [1.82, 2.24) is 10.2 Å². The Morgan fingerprint density at radius 1 is 1.32 bits per heavy atom. The zero-order valence-corrected chi connectivity index (χ0v) is 15.0. The molecule has 1 aliphatic rings. The molecule has 0 aliphatic carbocycles. The van der Waals surface area contributed by atoms with Crippen LogP contribution in [0.3, 0.4) is 0 Å². The molecule has 0 radical (unpaired) electrons. The van der Waals surface area contributed by atoms with Crippen LogP contribution in [0.4, 0.5) is 0 Å². The maximum atomic E-state index is 9.37. The minimum absolute atomic E-state index is 0.241. The number of hydrogen-bond donors (Lipinski definition) is 2. The molecule has 1 fully saturated rings. The Kier molecular flexibility index (Phi) is 7.51. The maximum absolute atomic E-state index is 9.37. The van der Waals surface area contributed by atoms with Crippen LogP contribution in [0, 0.1) is 0 Å². The van der Waals surface area contributed by atoms with Gasteiger partial charge in [-0.2, -0.15) is 11.8 Å². The second-order valence-corrected chi connectivity index (χ2v) is 7.60. The molecule has 0 amide bonds. The van der Waals surface area contributed by atoms with Crippen molar-refractivity contribution in [2.75, 3.05) is 26.0 Å². The number of piperidine rings is 1. The third-order valence-electron chi connectivity index (χ3n) is 4.45. The smallest absolute Gasteiger partial charge is 0.0564 e. The van der Waals surface area contributed by atoms with E-state index in [2.05, 4.69) is 35.5 Å². The zero-order valence-electron chi connectivity index (χ0n) is 13.5. The van der Waals surface area contributed by atoms with Gasteiger partial charge < -0.3 is 10.4 Å². The maximum Gasteiger partial charge on any atom is 0.0564 e. The summed E-state index contributed by atoms with van der Waals surface area (Å²) in [5, 5.41) is 14.1. The van der Waals surface area contributed by atoms with Gasteiger partial charge in [-0.3, -0.25) is 4.90 Å². The highest BCUT2D eigenvalue weighted by atomic mass is 35.5. The molecule has 2 atom stereocenters. The van der Waals surface area contributed by atoms with Gasteiger partial charge in [-0.15, -0.1) is 0 Å². The molecule has 2 N–H and O–H groups in total. The molecule has 0 bridgehead atoms. The van der Waals surface area contributed by atoms with Crippen LogP contribution in [0.15, 0.2) is 24.3 Å². The van der Waals surface area contributed by atoms with Gasteiger partial charge in [0.2, 0.25) is 0 Å². The number of aliphatic hydroxyl groups excluding tert-OH is 1. The lowest BCUT2D eigenvalue weighted by Crippen LogP contribution is -2.48. The lowest BCUT2D eigenvalue weighted by Gasteiger charge is -2.35. The summed E-state index contributed by atoms with van der Waals surface area (Å²) in [4.78, 5) is 2.50. The topological polar surface area (TPSA) is 35.5 Å². The van der Waals surface area contributed by atoms with Gasteiger partial charge in [0, 0.05) is 28.9 Å². The summed E-state index contributed by atoms with van der Waals surface area (Å²) in [7, 11) is 0. The molecule has 0 aromatic heterocycles. The van der Waals surface area contributed by atoms with Crippen LogP contribution in [0.2, 0.25) is 5.02 Å². The highest BCUT2D eigenvalue weighted by Crippen LogP contribution is 2.18. The summed E-state index contributed by atoms with van der Waals surface area (Å²) in [6.45, 7) is 5.66. The number of nitrogens with one attached hydrogen (secondary N) is 1. The van der Waals surface area contributed by atoms with Gasteiger partial charge in [0.15, 0.2) is 0 Å². The molecule has 0 spiro atoms. The van der Waals surface area contributed by atoms with Gasteiger partial charge in [0.1, 0.15) is 0 Å². The third kappa shape index (κ3) is 5.43. The summed E-state index contributed by atoms with van der Waals surface area (Å²) < 4.78 is 0. The Morgan fingerprint density at radius 2 is 1.95 bits per heavy atom. The Labute approximate surface area is 143 Å². The number of likely N-dealkylation sites (tertiary alicyclic amines) is 1. The Morgan fingerprint density at radius 3 is 2.50 bits per heavy atom. The van der Waals surface area contributed by atoms with Gasteiger partial charge in [0.05, 0.1) is 6.61 Å². The van der Waals surface area contributed by atoms with Crippen molar-refractivity contribution < 1.29 is 5.11 Å². The Hall–Kier alpha value is -0.260. The minimum Gasteiger partial charge on any atom is -0.395 e. The van der Waals surface area contributed by atoms with Crippen LogP contribution in [0.25, 0.3) is 0 Å². The van der Waals surface area contributed by atoms with E-state index in [9.17, 15) is 5.11 Å². The standard InChI is InChI=1S/C17H27ClN2OS/c1-13(17(12-21)22-2)19-16-7-9-20(10-8-16)11-14-3-5-15(18)6-4-14/h3-6,13,16-17,19,21H,7-12H2,1-2H3. The monoisotopic (exact) mass is 342 g/mol. The number of nitrogens with zero attached hydrogens (tertiary/aromatic N) is 1. The number of benzene rings is 1. The lowest BCUT2D eigenvalue weighted by molar-refractivity contribution is 0.180. The van der Waals surface area contributed by atoms with Crippen molar-refractivity contribution in [3.63, 3.8) is 0 Å². The predicted octanol–water partition coefficient (Wildman–Crippen LogP) is 3.01.